The molecule has 0 aromatic heterocycles. The van der Waals surface area contributed by atoms with Gasteiger partial charge in [-0.05, 0) is 46.4 Å². The van der Waals surface area contributed by atoms with Gasteiger partial charge in [0.2, 0.25) is 0 Å². The summed E-state index contributed by atoms with van der Waals surface area (Å²) in [4.78, 5) is 0. The predicted molar refractivity (Wildman–Crippen MR) is 210 cm³/mol. The first-order valence-corrected chi connectivity index (χ1v) is 22.7. The third-order valence-corrected chi connectivity index (χ3v) is 11.5. The van der Waals surface area contributed by atoms with Gasteiger partial charge in [-0.1, -0.05) is 104 Å². The van der Waals surface area contributed by atoms with E-state index in [0.717, 1.165) is 21.3 Å². The second kappa shape index (κ2) is 27.6. The largest absolute Gasteiger partial charge is 0.522 e. The number of methoxy groups -OCH3 is 1. The average molecular weight is 1500 g/mol. The Labute approximate surface area is 411 Å². The molecule has 0 rings (SSSR count). The van der Waals surface area contributed by atoms with E-state index in [2.05, 4.69) is 127 Å². The molecule has 0 saturated heterocycles. The number of ether oxygens (including phenoxy) is 5. The Hall–Kier alpha value is 0.570. The van der Waals surface area contributed by atoms with Gasteiger partial charge in [-0.2, -0.15) is 105 Å². The Morgan fingerprint density at radius 3 is 0.909 bits per heavy atom. The summed E-state index contributed by atoms with van der Waals surface area (Å²) in [5.74, 6) is -39.0. The molecule has 0 fully saturated rings. The lowest BCUT2D eigenvalue weighted by Crippen LogP contribution is -2.68. The minimum absolute atomic E-state index is 0.547. The van der Waals surface area contributed by atoms with Crippen LogP contribution in [0.4, 0.5) is 119 Å². The Kier molecular flexibility index (Phi) is 30.5. The number of hydrogen-bond acceptors (Lipinski definition) is 5. The van der Waals surface area contributed by atoms with Gasteiger partial charge in [-0.25, -0.2) is 14.2 Å². The summed E-state index contributed by atoms with van der Waals surface area (Å²) < 4.78 is 369. The molecule has 0 aromatic carbocycles. The molecular formula is C30H35F27I4O5. The zero-order valence-corrected chi connectivity index (χ0v) is 41.5. The summed E-state index contributed by atoms with van der Waals surface area (Å²) in [6.45, 7) is 7.82. The third kappa shape index (κ3) is 20.2. The molecule has 0 N–H and O–H groups in total. The van der Waals surface area contributed by atoms with Crippen molar-refractivity contribution in [2.24, 2.45) is 11.8 Å². The quantitative estimate of drug-likeness (QED) is 0.0374. The highest BCUT2D eigenvalue weighted by Crippen LogP contribution is 2.59. The van der Waals surface area contributed by atoms with Crippen LogP contribution in [0.1, 0.15) is 46.0 Å². The van der Waals surface area contributed by atoms with E-state index in [1.54, 1.807) is 0 Å². The van der Waals surface area contributed by atoms with Crippen LogP contribution in [0.25, 0.3) is 0 Å². The zero-order chi connectivity index (χ0) is 54.3. The molecule has 0 saturated carbocycles. The second-order valence-corrected chi connectivity index (χ2v) is 16.3. The number of halogens is 31. The molecule has 0 aliphatic heterocycles. The van der Waals surface area contributed by atoms with Crippen molar-refractivity contribution in [3.8, 4) is 0 Å². The lowest BCUT2D eigenvalue weighted by molar-refractivity contribution is -0.566. The first-order chi connectivity index (χ1) is 29.0. The van der Waals surface area contributed by atoms with Gasteiger partial charge >= 0.3 is 78.7 Å². The molecule has 0 amide bonds. The fraction of sp³-hybridized carbons (Fsp3) is 0.933. The van der Waals surface area contributed by atoms with Gasteiger partial charge in [-0.3, -0.25) is 4.74 Å². The summed E-state index contributed by atoms with van der Waals surface area (Å²) in [7, 11) is -0.547. The molecule has 0 aliphatic rings. The lowest BCUT2D eigenvalue weighted by Gasteiger charge is -2.40. The molecule has 402 valence electrons. The maximum atomic E-state index is 13.5. The highest BCUT2D eigenvalue weighted by molar-refractivity contribution is 14.1. The van der Waals surface area contributed by atoms with E-state index in [0.29, 0.717) is 0 Å². The smallest absolute Gasteiger partial charge is 0.317 e. The van der Waals surface area contributed by atoms with Crippen molar-refractivity contribution in [2.75, 3.05) is 31.4 Å². The highest BCUT2D eigenvalue weighted by Gasteiger charge is 2.88. The van der Waals surface area contributed by atoms with Crippen molar-refractivity contribution < 1.29 is 142 Å². The first kappa shape index (κ1) is 73.1. The maximum absolute atomic E-state index is 13.5. The first-order valence-electron chi connectivity index (χ1n) is 16.6. The molecule has 0 bridgehead atoms. The molecule has 0 aliphatic carbocycles. The maximum Gasteiger partial charge on any atom is 0.522 e. The van der Waals surface area contributed by atoms with Gasteiger partial charge in [0.05, 0.1) is 6.61 Å². The molecule has 0 atom stereocenters. The lowest BCUT2D eigenvalue weighted by atomic mass is 10.0. The fourth-order valence-electron chi connectivity index (χ4n) is 3.24. The van der Waals surface area contributed by atoms with Gasteiger partial charge in [0.1, 0.15) is 0 Å². The fourth-order valence-corrected chi connectivity index (χ4v) is 5.93. The molecule has 66 heavy (non-hydrogen) atoms. The summed E-state index contributed by atoms with van der Waals surface area (Å²) >= 11 is 9.73. The van der Waals surface area contributed by atoms with Crippen molar-refractivity contribution in [1.29, 1.82) is 0 Å². The number of rotatable bonds is 26. The third-order valence-electron chi connectivity index (χ3n) is 6.92. The highest BCUT2D eigenvalue weighted by atomic mass is 127. The predicted octanol–water partition coefficient (Wildman–Crippen LogP) is 16.3. The van der Waals surface area contributed by atoms with Gasteiger partial charge in [0, 0.05) is 22.4 Å². The van der Waals surface area contributed by atoms with E-state index in [1.165, 1.54) is 48.1 Å². The Bertz CT molecular complexity index is 1360. The Balaban J connectivity index is -0.000000890. The minimum atomic E-state index is -8.78. The Morgan fingerprint density at radius 2 is 0.682 bits per heavy atom. The molecule has 36 heteroatoms. The standard InChI is InChI=1S/C16H7F27O5.C8H16I2.C4H8I2.C2H4/c1-44-12(33,34)13(35,36)46-10(29,30)7(23,24)8(25,26)11(31,32)48-15(39,40)14(37,38)47-9(27,28)6(21,22)5(19,20)4(17,18)2-3-45-16(41,42)43;1-8(4-2-6-9)5-3-7-10;1-4(2-5)3-6;1-2/h2-3H2,1H3;8H,2-7H2,1H3;4H,2-3H2,1H3;1-2H2. The van der Waals surface area contributed by atoms with E-state index in [1.807, 2.05) is 0 Å². The van der Waals surface area contributed by atoms with Crippen LogP contribution in [-0.2, 0) is 23.7 Å². The SMILES string of the molecule is C=C.CC(CCCI)CCCI.CC(CI)CI.COC(F)(F)C(F)(F)OC(F)(F)C(F)(F)C(F)(F)C(F)(F)OC(F)(F)C(F)(F)OC(F)(F)C(F)(F)C(F)(F)C(F)(F)CCOC(F)(F)F. The zero-order valence-electron chi connectivity index (χ0n) is 32.9. The van der Waals surface area contributed by atoms with Crippen LogP contribution in [0.3, 0.4) is 0 Å². The minimum Gasteiger partial charge on any atom is -0.317 e. The topological polar surface area (TPSA) is 46.2 Å². The molecule has 0 unspecified atom stereocenters. The van der Waals surface area contributed by atoms with E-state index >= 15 is 0 Å². The molecule has 0 aromatic rings. The Morgan fingerprint density at radius 1 is 0.409 bits per heavy atom. The van der Waals surface area contributed by atoms with Gasteiger partial charge < -0.3 is 4.74 Å². The van der Waals surface area contributed by atoms with Crippen LogP contribution in [0.15, 0.2) is 13.2 Å². The molecule has 0 radical (unpaired) electrons. The molecule has 5 nitrogen and oxygen atoms in total. The van der Waals surface area contributed by atoms with Crippen molar-refractivity contribution >= 4 is 90.4 Å². The van der Waals surface area contributed by atoms with Crippen LogP contribution in [0, 0.1) is 11.8 Å². The van der Waals surface area contributed by atoms with Crippen LogP contribution in [0.5, 0.6) is 0 Å². The summed E-state index contributed by atoms with van der Waals surface area (Å²) in [5.41, 5.74) is 0. The van der Waals surface area contributed by atoms with E-state index in [-0.39, 0.29) is 0 Å². The number of alkyl halides is 31. The monoisotopic (exact) mass is 1500 g/mol. The average Bonchev–Trinajstić information content (AvgIpc) is 3.14. The van der Waals surface area contributed by atoms with Crippen LogP contribution < -0.4 is 0 Å². The summed E-state index contributed by atoms with van der Waals surface area (Å²) in [6, 6.07) is 0. The van der Waals surface area contributed by atoms with Gasteiger partial charge in [0.25, 0.3) is 0 Å². The van der Waals surface area contributed by atoms with Crippen molar-refractivity contribution in [1.82, 2.24) is 0 Å². The van der Waals surface area contributed by atoms with E-state index in [9.17, 15) is 119 Å². The van der Waals surface area contributed by atoms with Crippen molar-refractivity contribution in [2.45, 2.75) is 125 Å². The normalized spacial score (nSPS) is 14.6. The molecular weight excluding hydrogens is 1460 g/mol. The van der Waals surface area contributed by atoms with E-state index < -0.39 is 98.9 Å². The van der Waals surface area contributed by atoms with Gasteiger partial charge in [0.15, 0.2) is 0 Å². The summed E-state index contributed by atoms with van der Waals surface area (Å²) in [5, 5.41) is 0. The van der Waals surface area contributed by atoms with Crippen LogP contribution in [0.2, 0.25) is 0 Å². The number of hydrogen-bond donors (Lipinski definition) is 0. The molecule has 0 spiro atoms. The van der Waals surface area contributed by atoms with Crippen molar-refractivity contribution in [3.63, 3.8) is 0 Å². The van der Waals surface area contributed by atoms with Crippen LogP contribution in [-0.4, -0.2) is 110 Å². The molecule has 0 heterocycles. The summed E-state index contributed by atoms with van der Waals surface area (Å²) in [6.07, 6.45) is -59.4. The van der Waals surface area contributed by atoms with E-state index in [4.69, 9.17) is 0 Å². The second-order valence-electron chi connectivity index (χ2n) is 12.4. The van der Waals surface area contributed by atoms with Crippen molar-refractivity contribution in [3.05, 3.63) is 13.2 Å². The van der Waals surface area contributed by atoms with Gasteiger partial charge in [-0.15, -0.1) is 26.3 Å². The van der Waals surface area contributed by atoms with Crippen LogP contribution >= 0.6 is 90.4 Å².